The first kappa shape index (κ1) is 22.0. The highest BCUT2D eigenvalue weighted by atomic mass is 35.5. The summed E-state index contributed by atoms with van der Waals surface area (Å²) in [7, 11) is -5.11. The van der Waals surface area contributed by atoms with Crippen molar-refractivity contribution >= 4 is 56.5 Å². The molecular weight excluding hydrogens is 482 g/mol. The van der Waals surface area contributed by atoms with E-state index in [1.807, 2.05) is 0 Å². The molecule has 0 saturated heterocycles. The smallest absolute Gasteiger partial charge is 0.283 e. The van der Waals surface area contributed by atoms with Crippen LogP contribution in [0.4, 0.5) is 0 Å². The topological polar surface area (TPSA) is 94.8 Å². The summed E-state index contributed by atoms with van der Waals surface area (Å²) in [4.78, 5) is 0. The molecule has 0 saturated carbocycles. The number of phenolic OH excluding ortho intramolecular Hbond substituents is 2. The molecular formula is C19H12Cl4O5S. The van der Waals surface area contributed by atoms with E-state index >= 15 is 0 Å². The molecule has 0 spiro atoms. The summed E-state index contributed by atoms with van der Waals surface area (Å²) in [5, 5.41) is 21.0. The monoisotopic (exact) mass is 492 g/mol. The summed E-state index contributed by atoms with van der Waals surface area (Å²) in [5.74, 6) is -0.998. The predicted molar refractivity (Wildman–Crippen MR) is 114 cm³/mol. The van der Waals surface area contributed by atoms with Crippen molar-refractivity contribution in [1.82, 2.24) is 0 Å². The van der Waals surface area contributed by atoms with Crippen molar-refractivity contribution in [2.75, 3.05) is 0 Å². The predicted octanol–water partition coefficient (Wildman–Crippen LogP) is 5.89. The van der Waals surface area contributed by atoms with Gasteiger partial charge in [0.25, 0.3) is 10.1 Å². The standard InChI is InChI=1S/C19H12Cl4O5S/c20-11-5-6-13(17(25)9-11)19(29(26,27)28,12-3-1-2-4-16(12)24)10-7-14(21)18(23)15(22)8-10/h1-9,24-25H,(H,26,27,28). The molecule has 10 heteroatoms. The Labute approximate surface area is 186 Å². The van der Waals surface area contributed by atoms with E-state index in [0.717, 1.165) is 6.07 Å². The van der Waals surface area contributed by atoms with Gasteiger partial charge in [0.05, 0.1) is 15.1 Å². The highest BCUT2D eigenvalue weighted by Gasteiger charge is 2.52. The third-order valence-electron chi connectivity index (χ3n) is 4.40. The van der Waals surface area contributed by atoms with Gasteiger partial charge in [0, 0.05) is 16.1 Å². The zero-order valence-electron chi connectivity index (χ0n) is 14.3. The molecule has 0 radical (unpaired) electrons. The van der Waals surface area contributed by atoms with Gasteiger partial charge in [0.2, 0.25) is 0 Å². The maximum atomic E-state index is 12.9. The van der Waals surface area contributed by atoms with Crippen molar-refractivity contribution in [2.24, 2.45) is 0 Å². The summed E-state index contributed by atoms with van der Waals surface area (Å²) >= 11 is 24.1. The fourth-order valence-corrected chi connectivity index (χ4v) is 5.29. The van der Waals surface area contributed by atoms with Gasteiger partial charge in [-0.1, -0.05) is 70.7 Å². The average Bonchev–Trinajstić information content (AvgIpc) is 2.62. The SMILES string of the molecule is O=S(=O)(O)C(c1cc(Cl)c(Cl)c(Cl)c1)(c1ccccc1O)c1ccc(Cl)cc1O. The van der Waals surface area contributed by atoms with Crippen LogP contribution >= 0.6 is 46.4 Å². The summed E-state index contributed by atoms with van der Waals surface area (Å²) in [6.07, 6.45) is 0. The summed E-state index contributed by atoms with van der Waals surface area (Å²) in [5.41, 5.74) is -0.673. The zero-order valence-corrected chi connectivity index (χ0v) is 18.1. The number of hydrogen-bond donors (Lipinski definition) is 3. The Balaban J connectivity index is 2.61. The number of para-hydroxylation sites is 1. The Morgan fingerprint density at radius 3 is 1.83 bits per heavy atom. The molecule has 1 atom stereocenters. The van der Waals surface area contributed by atoms with Gasteiger partial charge in [-0.2, -0.15) is 8.42 Å². The molecule has 0 aliphatic rings. The number of aromatic hydroxyl groups is 2. The normalized spacial score (nSPS) is 13.8. The second-order valence-corrected chi connectivity index (χ2v) is 9.28. The second kappa shape index (κ2) is 7.87. The van der Waals surface area contributed by atoms with Crippen LogP contribution in [-0.2, 0) is 14.9 Å². The van der Waals surface area contributed by atoms with Crippen molar-refractivity contribution in [2.45, 2.75) is 4.75 Å². The van der Waals surface area contributed by atoms with Gasteiger partial charge in [-0.05, 0) is 35.9 Å². The van der Waals surface area contributed by atoms with E-state index in [2.05, 4.69) is 0 Å². The molecule has 0 heterocycles. The van der Waals surface area contributed by atoms with E-state index in [9.17, 15) is 23.2 Å². The lowest BCUT2D eigenvalue weighted by atomic mass is 9.83. The van der Waals surface area contributed by atoms with Gasteiger partial charge in [-0.15, -0.1) is 0 Å². The Morgan fingerprint density at radius 2 is 1.31 bits per heavy atom. The molecule has 3 aromatic carbocycles. The minimum Gasteiger partial charge on any atom is -0.508 e. The van der Waals surface area contributed by atoms with E-state index in [-0.39, 0.29) is 36.8 Å². The quantitative estimate of drug-likeness (QED) is 0.239. The average molecular weight is 494 g/mol. The molecule has 3 rings (SSSR count). The Kier molecular flexibility index (Phi) is 5.98. The van der Waals surface area contributed by atoms with Crippen LogP contribution in [0.2, 0.25) is 20.1 Å². The third kappa shape index (κ3) is 3.65. The second-order valence-electron chi connectivity index (χ2n) is 6.09. The number of rotatable bonds is 4. The Hall–Kier alpha value is -1.67. The van der Waals surface area contributed by atoms with E-state index < -0.39 is 26.4 Å². The molecule has 1 unspecified atom stereocenters. The molecule has 0 aliphatic carbocycles. The van der Waals surface area contributed by atoms with Gasteiger partial charge in [-0.25, -0.2) is 0 Å². The molecule has 3 aromatic rings. The molecule has 152 valence electrons. The van der Waals surface area contributed by atoms with Crippen LogP contribution in [0, 0.1) is 0 Å². The molecule has 29 heavy (non-hydrogen) atoms. The van der Waals surface area contributed by atoms with E-state index in [4.69, 9.17) is 46.4 Å². The summed E-state index contributed by atoms with van der Waals surface area (Å²) < 4.78 is 33.8. The Morgan fingerprint density at radius 1 is 0.759 bits per heavy atom. The minimum absolute atomic E-state index is 0.0288. The van der Waals surface area contributed by atoms with Crippen molar-refractivity contribution in [1.29, 1.82) is 0 Å². The van der Waals surface area contributed by atoms with Gasteiger partial charge < -0.3 is 10.2 Å². The maximum Gasteiger partial charge on any atom is 0.283 e. The fourth-order valence-electron chi connectivity index (χ4n) is 3.22. The Bertz CT molecular complexity index is 1190. The van der Waals surface area contributed by atoms with Crippen molar-refractivity contribution in [3.8, 4) is 11.5 Å². The van der Waals surface area contributed by atoms with E-state index in [1.54, 1.807) is 0 Å². The van der Waals surface area contributed by atoms with Gasteiger partial charge in [0.15, 0.2) is 4.75 Å². The summed E-state index contributed by atoms with van der Waals surface area (Å²) in [6.45, 7) is 0. The number of hydrogen-bond acceptors (Lipinski definition) is 4. The van der Waals surface area contributed by atoms with Gasteiger partial charge in [-0.3, -0.25) is 4.55 Å². The molecule has 0 aliphatic heterocycles. The molecule has 0 bridgehead atoms. The van der Waals surface area contributed by atoms with Crippen LogP contribution in [0.3, 0.4) is 0 Å². The molecule has 0 fully saturated rings. The van der Waals surface area contributed by atoms with Crippen LogP contribution in [-0.4, -0.2) is 23.2 Å². The van der Waals surface area contributed by atoms with Crippen molar-refractivity contribution < 1.29 is 23.2 Å². The molecule has 0 aromatic heterocycles. The molecule has 5 nitrogen and oxygen atoms in total. The number of benzene rings is 3. The van der Waals surface area contributed by atoms with Gasteiger partial charge in [0.1, 0.15) is 11.5 Å². The first-order chi connectivity index (χ1) is 13.5. The number of phenols is 2. The fraction of sp³-hybridized carbons (Fsp3) is 0.0526. The lowest BCUT2D eigenvalue weighted by molar-refractivity contribution is 0.428. The van der Waals surface area contributed by atoms with Crippen molar-refractivity contribution in [3.05, 3.63) is 91.4 Å². The summed E-state index contributed by atoms with van der Waals surface area (Å²) in [6, 6.07) is 11.5. The third-order valence-corrected chi connectivity index (χ3v) is 7.28. The number of halogens is 4. The van der Waals surface area contributed by atoms with Crippen LogP contribution < -0.4 is 0 Å². The van der Waals surface area contributed by atoms with Crippen LogP contribution in [0.5, 0.6) is 11.5 Å². The van der Waals surface area contributed by atoms with Gasteiger partial charge >= 0.3 is 0 Å². The first-order valence-electron chi connectivity index (χ1n) is 7.89. The van der Waals surface area contributed by atoms with Crippen LogP contribution in [0.1, 0.15) is 16.7 Å². The molecule has 0 amide bonds. The highest BCUT2D eigenvalue weighted by molar-refractivity contribution is 7.87. The van der Waals surface area contributed by atoms with Crippen LogP contribution in [0.25, 0.3) is 0 Å². The largest absolute Gasteiger partial charge is 0.508 e. The van der Waals surface area contributed by atoms with Crippen molar-refractivity contribution in [3.63, 3.8) is 0 Å². The maximum absolute atomic E-state index is 12.9. The zero-order chi connectivity index (χ0) is 21.6. The van der Waals surface area contributed by atoms with E-state index in [0.29, 0.717) is 0 Å². The lowest BCUT2D eigenvalue weighted by Crippen LogP contribution is -2.38. The first-order valence-corrected chi connectivity index (χ1v) is 10.8. The highest BCUT2D eigenvalue weighted by Crippen LogP contribution is 2.51. The van der Waals surface area contributed by atoms with Crippen LogP contribution in [0.15, 0.2) is 54.6 Å². The lowest BCUT2D eigenvalue weighted by Gasteiger charge is -2.33. The minimum atomic E-state index is -5.11. The molecule has 3 N–H and O–H groups in total. The van der Waals surface area contributed by atoms with E-state index in [1.165, 1.54) is 48.5 Å².